The predicted molar refractivity (Wildman–Crippen MR) is 72.0 cm³/mol. The maximum absolute atomic E-state index is 4.39. The van der Waals surface area contributed by atoms with Crippen molar-refractivity contribution in [3.8, 4) is 0 Å². The zero-order valence-electron chi connectivity index (χ0n) is 10.2. The second kappa shape index (κ2) is 4.87. The van der Waals surface area contributed by atoms with Crippen molar-refractivity contribution in [1.82, 2.24) is 14.5 Å². The molecule has 0 aliphatic rings. The molecule has 90 valence electrons. The van der Waals surface area contributed by atoms with Gasteiger partial charge < -0.3 is 9.47 Å². The van der Waals surface area contributed by atoms with E-state index in [9.17, 15) is 0 Å². The van der Waals surface area contributed by atoms with E-state index in [4.69, 9.17) is 0 Å². The van der Waals surface area contributed by atoms with Crippen molar-refractivity contribution in [2.24, 2.45) is 7.05 Å². The van der Waals surface area contributed by atoms with Crippen LogP contribution in [0.2, 0.25) is 0 Å². The molecule has 2 aromatic heterocycles. The van der Waals surface area contributed by atoms with E-state index in [-0.39, 0.29) is 0 Å². The second-order valence-corrected chi connectivity index (χ2v) is 4.96. The smallest absolute Gasteiger partial charge is 0.128 e. The summed E-state index contributed by atoms with van der Waals surface area (Å²) in [4.78, 5) is 10.8. The number of imidazole rings is 1. The van der Waals surface area contributed by atoms with E-state index in [0.29, 0.717) is 0 Å². The van der Waals surface area contributed by atoms with Gasteiger partial charge in [-0.2, -0.15) is 0 Å². The number of nitrogens with zero attached hydrogens (tertiary/aromatic N) is 4. The van der Waals surface area contributed by atoms with Crippen molar-refractivity contribution in [2.45, 2.75) is 13.5 Å². The Morgan fingerprint density at radius 1 is 1.41 bits per heavy atom. The molecule has 0 atom stereocenters. The molecule has 4 nitrogen and oxygen atoms in total. The minimum atomic E-state index is 0.748. The van der Waals surface area contributed by atoms with Crippen LogP contribution in [0.15, 0.2) is 29.1 Å². The fourth-order valence-electron chi connectivity index (χ4n) is 1.58. The third-order valence-corrected chi connectivity index (χ3v) is 3.55. The van der Waals surface area contributed by atoms with Gasteiger partial charge in [0.2, 0.25) is 0 Å². The highest BCUT2D eigenvalue weighted by Gasteiger charge is 2.07. The number of anilines is 1. The molecule has 0 bridgehead atoms. The average Bonchev–Trinajstić information content (AvgIpc) is 2.68. The zero-order valence-corrected chi connectivity index (χ0v) is 11.8. The Kier molecular flexibility index (Phi) is 3.47. The highest BCUT2D eigenvalue weighted by atomic mass is 79.9. The van der Waals surface area contributed by atoms with Crippen molar-refractivity contribution in [2.75, 3.05) is 11.9 Å². The molecular formula is C12H15BrN4. The molecule has 0 aliphatic carbocycles. The Bertz CT molecular complexity index is 521. The summed E-state index contributed by atoms with van der Waals surface area (Å²) in [6.07, 6.45) is 5.59. The van der Waals surface area contributed by atoms with Gasteiger partial charge in [0.05, 0.1) is 6.54 Å². The fraction of sp³-hybridized carbons (Fsp3) is 0.333. The van der Waals surface area contributed by atoms with Crippen LogP contribution in [0.1, 0.15) is 11.4 Å². The normalized spacial score (nSPS) is 10.6. The van der Waals surface area contributed by atoms with Gasteiger partial charge in [-0.15, -0.1) is 0 Å². The number of hydrogen-bond acceptors (Lipinski definition) is 3. The Morgan fingerprint density at radius 3 is 2.76 bits per heavy atom. The molecule has 0 unspecified atom stereocenters. The Morgan fingerprint density at radius 2 is 2.18 bits per heavy atom. The first-order chi connectivity index (χ1) is 8.08. The van der Waals surface area contributed by atoms with Crippen LogP contribution in [0, 0.1) is 6.92 Å². The van der Waals surface area contributed by atoms with Gasteiger partial charge in [-0.1, -0.05) is 0 Å². The maximum Gasteiger partial charge on any atom is 0.128 e. The summed E-state index contributed by atoms with van der Waals surface area (Å²) < 4.78 is 3.05. The number of aromatic nitrogens is 3. The molecule has 2 aromatic rings. The molecule has 0 amide bonds. The van der Waals surface area contributed by atoms with Crippen molar-refractivity contribution in [3.05, 3.63) is 40.5 Å². The fourth-order valence-corrected chi connectivity index (χ4v) is 1.79. The molecule has 0 fully saturated rings. The van der Waals surface area contributed by atoms with Crippen molar-refractivity contribution in [1.29, 1.82) is 0 Å². The number of halogens is 1. The molecule has 0 saturated carbocycles. The lowest BCUT2D eigenvalue weighted by molar-refractivity contribution is 0.755. The summed E-state index contributed by atoms with van der Waals surface area (Å²) >= 11 is 3.45. The number of rotatable bonds is 3. The SMILES string of the molecule is Cc1cc(N(C)Cc2nccn2C)ncc1Br. The summed E-state index contributed by atoms with van der Waals surface area (Å²) in [6, 6.07) is 2.06. The lowest BCUT2D eigenvalue weighted by Gasteiger charge is -2.18. The largest absolute Gasteiger partial charge is 0.352 e. The van der Waals surface area contributed by atoms with Crippen LogP contribution < -0.4 is 4.90 Å². The van der Waals surface area contributed by atoms with Gasteiger partial charge in [0.15, 0.2) is 0 Å². The van der Waals surface area contributed by atoms with E-state index in [1.54, 1.807) is 0 Å². The predicted octanol–water partition coefficient (Wildman–Crippen LogP) is 2.52. The minimum absolute atomic E-state index is 0.748. The molecule has 2 heterocycles. The van der Waals surface area contributed by atoms with Gasteiger partial charge in [0.25, 0.3) is 0 Å². The molecule has 0 aliphatic heterocycles. The van der Waals surface area contributed by atoms with Crippen molar-refractivity contribution in [3.63, 3.8) is 0 Å². The van der Waals surface area contributed by atoms with Crippen molar-refractivity contribution >= 4 is 21.7 Å². The molecule has 17 heavy (non-hydrogen) atoms. The van der Waals surface area contributed by atoms with Gasteiger partial charge >= 0.3 is 0 Å². The van der Waals surface area contributed by atoms with Crippen LogP contribution in [0.4, 0.5) is 5.82 Å². The maximum atomic E-state index is 4.39. The lowest BCUT2D eigenvalue weighted by Crippen LogP contribution is -2.20. The number of pyridine rings is 1. The van der Waals surface area contributed by atoms with Gasteiger partial charge in [-0.25, -0.2) is 9.97 Å². The van der Waals surface area contributed by atoms with Crippen LogP contribution in [0.5, 0.6) is 0 Å². The number of aryl methyl sites for hydroxylation is 2. The van der Waals surface area contributed by atoms with E-state index < -0.39 is 0 Å². The van der Waals surface area contributed by atoms with Crippen molar-refractivity contribution < 1.29 is 0 Å². The molecule has 5 heteroatoms. The third kappa shape index (κ3) is 2.66. The summed E-state index contributed by atoms with van der Waals surface area (Å²) in [7, 11) is 4.01. The monoisotopic (exact) mass is 294 g/mol. The molecule has 0 aromatic carbocycles. The van der Waals surface area contributed by atoms with Gasteiger partial charge in [0, 0.05) is 37.2 Å². The molecule has 0 radical (unpaired) electrons. The average molecular weight is 295 g/mol. The van der Waals surface area contributed by atoms with E-state index in [1.165, 1.54) is 5.56 Å². The van der Waals surface area contributed by atoms with Crippen LogP contribution in [0.3, 0.4) is 0 Å². The summed E-state index contributed by atoms with van der Waals surface area (Å²) in [5.41, 5.74) is 1.18. The summed E-state index contributed by atoms with van der Waals surface area (Å²) in [5, 5.41) is 0. The third-order valence-electron chi connectivity index (χ3n) is 2.72. The highest BCUT2D eigenvalue weighted by molar-refractivity contribution is 9.10. The molecule has 0 saturated heterocycles. The Balaban J connectivity index is 2.17. The highest BCUT2D eigenvalue weighted by Crippen LogP contribution is 2.20. The Hall–Kier alpha value is -1.36. The van der Waals surface area contributed by atoms with E-state index >= 15 is 0 Å². The topological polar surface area (TPSA) is 34.0 Å². The van der Waals surface area contributed by atoms with Gasteiger partial charge in [-0.05, 0) is 34.5 Å². The lowest BCUT2D eigenvalue weighted by atomic mass is 10.3. The van der Waals surface area contributed by atoms with Crippen LogP contribution in [-0.4, -0.2) is 21.6 Å². The van der Waals surface area contributed by atoms with Gasteiger partial charge in [-0.3, -0.25) is 0 Å². The molecular weight excluding hydrogens is 280 g/mol. The van der Waals surface area contributed by atoms with E-state index in [1.807, 2.05) is 37.3 Å². The summed E-state index contributed by atoms with van der Waals surface area (Å²) in [5.74, 6) is 1.98. The van der Waals surface area contributed by atoms with E-state index in [0.717, 1.165) is 22.7 Å². The van der Waals surface area contributed by atoms with Crippen LogP contribution in [-0.2, 0) is 13.6 Å². The first-order valence-electron chi connectivity index (χ1n) is 5.37. The number of hydrogen-bond donors (Lipinski definition) is 0. The van der Waals surface area contributed by atoms with E-state index in [2.05, 4.69) is 43.8 Å². The first kappa shape index (κ1) is 12.1. The molecule has 0 spiro atoms. The molecule has 2 rings (SSSR count). The first-order valence-corrected chi connectivity index (χ1v) is 6.16. The Labute approximate surface area is 109 Å². The van der Waals surface area contributed by atoms with Crippen LogP contribution in [0.25, 0.3) is 0 Å². The minimum Gasteiger partial charge on any atom is -0.352 e. The quantitative estimate of drug-likeness (QED) is 0.872. The molecule has 0 N–H and O–H groups in total. The summed E-state index contributed by atoms with van der Waals surface area (Å²) in [6.45, 7) is 2.81. The van der Waals surface area contributed by atoms with Gasteiger partial charge in [0.1, 0.15) is 11.6 Å². The zero-order chi connectivity index (χ0) is 12.4. The second-order valence-electron chi connectivity index (χ2n) is 4.10. The van der Waals surface area contributed by atoms with Crippen LogP contribution >= 0.6 is 15.9 Å². The standard InChI is InChI=1S/C12H15BrN4/c1-9-6-11(15-7-10(9)13)17(3)8-12-14-4-5-16(12)2/h4-7H,8H2,1-3H3.